The molecule has 5 heteroatoms. The number of aromatic nitrogens is 1. The largest absolute Gasteiger partial charge is 0.353 e. The predicted octanol–water partition coefficient (Wildman–Crippen LogP) is 3.09. The number of hydrogen-bond acceptors (Lipinski definition) is 3. The highest BCUT2D eigenvalue weighted by Crippen LogP contribution is 2.35. The van der Waals surface area contributed by atoms with Gasteiger partial charge < -0.3 is 10.6 Å². The molecule has 1 saturated carbocycles. The Morgan fingerprint density at radius 1 is 1.28 bits per heavy atom. The van der Waals surface area contributed by atoms with Crippen LogP contribution >= 0.6 is 0 Å². The molecule has 1 fully saturated rings. The Bertz CT molecular complexity index is 634. The van der Waals surface area contributed by atoms with Gasteiger partial charge in [0.15, 0.2) is 0 Å². The van der Waals surface area contributed by atoms with E-state index in [2.05, 4.69) is 29.5 Å². The molecule has 0 saturated heterocycles. The van der Waals surface area contributed by atoms with E-state index in [0.717, 1.165) is 31.2 Å². The number of nitrogens with one attached hydrogen (secondary N) is 2. The highest BCUT2D eigenvalue weighted by molar-refractivity contribution is 5.95. The molecule has 1 aromatic rings. The third-order valence-electron chi connectivity index (χ3n) is 4.82. The summed E-state index contributed by atoms with van der Waals surface area (Å²) in [5.41, 5.74) is 0.926. The molecule has 0 atom stereocenters. The molecule has 0 unspecified atom stereocenters. The van der Waals surface area contributed by atoms with E-state index in [-0.39, 0.29) is 17.4 Å². The average Bonchev–Trinajstić information content (AvgIpc) is 3.31. The Kier molecular flexibility index (Phi) is 5.86. The van der Waals surface area contributed by atoms with Crippen molar-refractivity contribution in [3.63, 3.8) is 0 Å². The lowest BCUT2D eigenvalue weighted by Gasteiger charge is -2.27. The fraction of sp³-hybridized carbons (Fsp3) is 0.650. The Hall–Kier alpha value is -1.91. The van der Waals surface area contributed by atoms with Crippen LogP contribution < -0.4 is 10.6 Å². The van der Waals surface area contributed by atoms with Gasteiger partial charge in [-0.05, 0) is 43.2 Å². The molecule has 0 radical (unpaired) electrons. The van der Waals surface area contributed by atoms with Crippen LogP contribution in [0.5, 0.6) is 0 Å². The summed E-state index contributed by atoms with van der Waals surface area (Å²) in [5, 5.41) is 6.13. The summed E-state index contributed by atoms with van der Waals surface area (Å²) in [6, 6.07) is 1.88. The van der Waals surface area contributed by atoms with E-state index in [0.29, 0.717) is 18.0 Å². The van der Waals surface area contributed by atoms with Gasteiger partial charge in [-0.3, -0.25) is 14.6 Å². The van der Waals surface area contributed by atoms with Crippen LogP contribution in [0, 0.1) is 11.3 Å². The Labute approximate surface area is 151 Å². The van der Waals surface area contributed by atoms with Crippen molar-refractivity contribution in [1.82, 2.24) is 15.6 Å². The van der Waals surface area contributed by atoms with Gasteiger partial charge in [0.25, 0.3) is 5.91 Å². The minimum absolute atomic E-state index is 0.0522. The molecule has 2 rings (SSSR count). The molecular weight excluding hydrogens is 314 g/mol. The SMILES string of the molecule is CCc1cncc(C(=O)NC2(CNC(=O)C(C)(C)CC(C)C)CC2)c1. The van der Waals surface area contributed by atoms with Crippen molar-refractivity contribution in [3.05, 3.63) is 29.6 Å². The second kappa shape index (κ2) is 7.54. The van der Waals surface area contributed by atoms with E-state index in [4.69, 9.17) is 0 Å². The lowest BCUT2D eigenvalue weighted by molar-refractivity contribution is -0.130. The number of rotatable bonds is 8. The minimum atomic E-state index is -0.395. The van der Waals surface area contributed by atoms with E-state index in [9.17, 15) is 9.59 Å². The smallest absolute Gasteiger partial charge is 0.253 e. The molecule has 1 aliphatic carbocycles. The molecule has 0 spiro atoms. The number of aryl methyl sites for hydroxylation is 1. The molecule has 1 heterocycles. The van der Waals surface area contributed by atoms with Gasteiger partial charge in [-0.15, -0.1) is 0 Å². The zero-order valence-corrected chi connectivity index (χ0v) is 16.1. The quantitative estimate of drug-likeness (QED) is 0.760. The first-order valence-corrected chi connectivity index (χ1v) is 9.22. The molecule has 138 valence electrons. The maximum absolute atomic E-state index is 12.5. The highest BCUT2D eigenvalue weighted by atomic mass is 16.2. The fourth-order valence-corrected chi connectivity index (χ4v) is 3.22. The van der Waals surface area contributed by atoms with E-state index in [1.54, 1.807) is 12.4 Å². The van der Waals surface area contributed by atoms with Crippen molar-refractivity contribution in [1.29, 1.82) is 0 Å². The Morgan fingerprint density at radius 2 is 1.96 bits per heavy atom. The predicted molar refractivity (Wildman–Crippen MR) is 99.3 cm³/mol. The molecule has 0 aromatic carbocycles. The zero-order chi connectivity index (χ0) is 18.7. The van der Waals surface area contributed by atoms with Crippen LogP contribution in [0.25, 0.3) is 0 Å². The van der Waals surface area contributed by atoms with Crippen molar-refractivity contribution in [3.8, 4) is 0 Å². The monoisotopic (exact) mass is 345 g/mol. The molecule has 0 bridgehead atoms. The summed E-state index contributed by atoms with van der Waals surface area (Å²) in [6.45, 7) is 10.7. The fourth-order valence-electron chi connectivity index (χ4n) is 3.22. The van der Waals surface area contributed by atoms with Crippen molar-refractivity contribution < 1.29 is 9.59 Å². The molecule has 1 aromatic heterocycles. The summed E-state index contributed by atoms with van der Waals surface area (Å²) in [6.07, 6.45) is 6.85. The van der Waals surface area contributed by atoms with Crippen LogP contribution in [0.3, 0.4) is 0 Å². The first-order chi connectivity index (χ1) is 11.7. The van der Waals surface area contributed by atoms with Crippen LogP contribution in [-0.4, -0.2) is 28.9 Å². The van der Waals surface area contributed by atoms with Crippen molar-refractivity contribution >= 4 is 11.8 Å². The Morgan fingerprint density at radius 3 is 2.52 bits per heavy atom. The molecule has 1 aliphatic rings. The van der Waals surface area contributed by atoms with E-state index in [1.165, 1.54) is 0 Å². The van der Waals surface area contributed by atoms with E-state index in [1.807, 2.05) is 26.8 Å². The number of amides is 2. The first-order valence-electron chi connectivity index (χ1n) is 9.22. The maximum Gasteiger partial charge on any atom is 0.253 e. The van der Waals surface area contributed by atoms with Crippen molar-refractivity contribution in [2.75, 3.05) is 6.54 Å². The average molecular weight is 345 g/mol. The molecule has 2 amide bonds. The first kappa shape index (κ1) is 19.4. The van der Waals surface area contributed by atoms with E-state index < -0.39 is 5.41 Å². The molecule has 5 nitrogen and oxygen atoms in total. The number of carbonyl (C=O) groups is 2. The van der Waals surface area contributed by atoms with Gasteiger partial charge in [0.2, 0.25) is 5.91 Å². The third kappa shape index (κ3) is 5.28. The normalized spacial score (nSPS) is 15.8. The van der Waals surface area contributed by atoms with Crippen molar-refractivity contribution in [2.24, 2.45) is 11.3 Å². The van der Waals surface area contributed by atoms with Gasteiger partial charge in [-0.2, -0.15) is 0 Å². The minimum Gasteiger partial charge on any atom is -0.353 e. The van der Waals surface area contributed by atoms with Gasteiger partial charge in [-0.1, -0.05) is 34.6 Å². The van der Waals surface area contributed by atoms with Crippen LogP contribution in [0.15, 0.2) is 18.5 Å². The highest BCUT2D eigenvalue weighted by Gasteiger charge is 2.45. The van der Waals surface area contributed by atoms with Gasteiger partial charge in [0.05, 0.1) is 11.1 Å². The molecule has 0 aliphatic heterocycles. The lowest BCUT2D eigenvalue weighted by Crippen LogP contribution is -2.48. The van der Waals surface area contributed by atoms with Crippen LogP contribution in [-0.2, 0) is 11.2 Å². The number of nitrogens with zero attached hydrogens (tertiary/aromatic N) is 1. The second-order valence-electron chi connectivity index (χ2n) is 8.33. The lowest BCUT2D eigenvalue weighted by atomic mass is 9.83. The Balaban J connectivity index is 1.92. The molecule has 2 N–H and O–H groups in total. The summed E-state index contributed by atoms with van der Waals surface area (Å²) in [4.78, 5) is 29.1. The van der Waals surface area contributed by atoms with E-state index >= 15 is 0 Å². The molecule has 25 heavy (non-hydrogen) atoms. The topological polar surface area (TPSA) is 71.1 Å². The summed E-state index contributed by atoms with van der Waals surface area (Å²) in [5.74, 6) is 0.404. The molecular formula is C20H31N3O2. The third-order valence-corrected chi connectivity index (χ3v) is 4.82. The van der Waals surface area contributed by atoms with Gasteiger partial charge in [-0.25, -0.2) is 0 Å². The second-order valence-corrected chi connectivity index (χ2v) is 8.33. The zero-order valence-electron chi connectivity index (χ0n) is 16.1. The number of carbonyl (C=O) groups excluding carboxylic acids is 2. The summed E-state index contributed by atoms with van der Waals surface area (Å²) < 4.78 is 0. The van der Waals surface area contributed by atoms with Crippen LogP contribution in [0.4, 0.5) is 0 Å². The standard InChI is InChI=1S/C20H31N3O2/c1-6-15-9-16(12-21-11-15)17(24)23-20(7-8-20)13-22-18(25)19(4,5)10-14(2)3/h9,11-12,14H,6-8,10,13H2,1-5H3,(H,22,25)(H,23,24). The van der Waals surface area contributed by atoms with Crippen LogP contribution in [0.2, 0.25) is 0 Å². The van der Waals surface area contributed by atoms with Gasteiger partial charge in [0.1, 0.15) is 0 Å². The maximum atomic E-state index is 12.5. The van der Waals surface area contributed by atoms with Crippen molar-refractivity contribution in [2.45, 2.75) is 65.8 Å². The number of hydrogen-bond donors (Lipinski definition) is 2. The van der Waals surface area contributed by atoms with Crippen LogP contribution in [0.1, 0.15) is 69.8 Å². The number of pyridine rings is 1. The van der Waals surface area contributed by atoms with Gasteiger partial charge >= 0.3 is 0 Å². The summed E-state index contributed by atoms with van der Waals surface area (Å²) >= 11 is 0. The summed E-state index contributed by atoms with van der Waals surface area (Å²) in [7, 11) is 0. The van der Waals surface area contributed by atoms with Gasteiger partial charge in [0, 0.05) is 24.4 Å².